The molecule has 0 radical (unpaired) electrons. The minimum atomic E-state index is 0.569. The van der Waals surface area contributed by atoms with Crippen molar-refractivity contribution in [2.75, 3.05) is 18.8 Å². The SMILES string of the molecule is CCN(CCn1ccc(N)n1)Cc1ccco1. The van der Waals surface area contributed by atoms with Gasteiger partial charge in [0.1, 0.15) is 11.6 Å². The molecule has 0 saturated heterocycles. The van der Waals surface area contributed by atoms with E-state index in [1.165, 1.54) is 0 Å². The van der Waals surface area contributed by atoms with Gasteiger partial charge in [0, 0.05) is 12.7 Å². The maximum atomic E-state index is 5.57. The molecule has 0 aromatic carbocycles. The number of nitrogens with zero attached hydrogens (tertiary/aromatic N) is 3. The second kappa shape index (κ2) is 5.54. The van der Waals surface area contributed by atoms with E-state index in [9.17, 15) is 0 Å². The number of hydrogen-bond donors (Lipinski definition) is 1. The van der Waals surface area contributed by atoms with Crippen molar-refractivity contribution in [3.8, 4) is 0 Å². The van der Waals surface area contributed by atoms with Crippen LogP contribution in [0.25, 0.3) is 0 Å². The maximum Gasteiger partial charge on any atom is 0.145 e. The third-order valence-corrected chi connectivity index (χ3v) is 2.71. The van der Waals surface area contributed by atoms with Crippen LogP contribution in [0.5, 0.6) is 0 Å². The van der Waals surface area contributed by atoms with E-state index in [0.29, 0.717) is 5.82 Å². The minimum absolute atomic E-state index is 0.569. The molecule has 92 valence electrons. The van der Waals surface area contributed by atoms with Crippen LogP contribution in [-0.2, 0) is 13.1 Å². The molecule has 0 aliphatic rings. The molecule has 0 fully saturated rings. The van der Waals surface area contributed by atoms with E-state index in [2.05, 4.69) is 16.9 Å². The zero-order valence-electron chi connectivity index (χ0n) is 10.0. The molecule has 2 N–H and O–H groups in total. The molecule has 2 heterocycles. The van der Waals surface area contributed by atoms with Gasteiger partial charge in [0.15, 0.2) is 0 Å². The third kappa shape index (κ3) is 3.35. The fourth-order valence-corrected chi connectivity index (χ4v) is 1.72. The largest absolute Gasteiger partial charge is 0.468 e. The predicted octanol–water partition coefficient (Wildman–Crippen LogP) is 1.58. The molecule has 2 aromatic heterocycles. The topological polar surface area (TPSA) is 60.2 Å². The molecule has 17 heavy (non-hydrogen) atoms. The monoisotopic (exact) mass is 234 g/mol. The molecule has 5 heteroatoms. The molecule has 0 aliphatic carbocycles. The summed E-state index contributed by atoms with van der Waals surface area (Å²) < 4.78 is 7.20. The van der Waals surface area contributed by atoms with Crippen molar-refractivity contribution >= 4 is 5.82 Å². The van der Waals surface area contributed by atoms with Crippen LogP contribution in [0.2, 0.25) is 0 Å². The second-order valence-corrected chi connectivity index (χ2v) is 3.95. The molecule has 0 spiro atoms. The lowest BCUT2D eigenvalue weighted by atomic mass is 10.4. The Kier molecular flexibility index (Phi) is 3.82. The van der Waals surface area contributed by atoms with Gasteiger partial charge in [-0.1, -0.05) is 6.92 Å². The first-order valence-electron chi connectivity index (χ1n) is 5.81. The van der Waals surface area contributed by atoms with Gasteiger partial charge in [-0.3, -0.25) is 9.58 Å². The Balaban J connectivity index is 1.83. The standard InChI is InChI=1S/C12H18N4O/c1-2-15(10-11-4-3-9-17-11)7-8-16-6-5-12(13)14-16/h3-6,9H,2,7-8,10H2,1H3,(H2,13,14). The van der Waals surface area contributed by atoms with E-state index in [1.807, 2.05) is 29.1 Å². The van der Waals surface area contributed by atoms with Crippen LogP contribution < -0.4 is 5.73 Å². The Labute approximate surface area is 101 Å². The van der Waals surface area contributed by atoms with Crippen LogP contribution in [0.15, 0.2) is 35.1 Å². The van der Waals surface area contributed by atoms with Gasteiger partial charge in [-0.25, -0.2) is 0 Å². The summed E-state index contributed by atoms with van der Waals surface area (Å²) in [6.07, 6.45) is 3.60. The van der Waals surface area contributed by atoms with Crippen LogP contribution in [-0.4, -0.2) is 27.8 Å². The van der Waals surface area contributed by atoms with Gasteiger partial charge in [0.25, 0.3) is 0 Å². The molecule has 0 aliphatic heterocycles. The van der Waals surface area contributed by atoms with Crippen LogP contribution in [0.1, 0.15) is 12.7 Å². The number of furan rings is 1. The molecule has 0 unspecified atom stereocenters. The fourth-order valence-electron chi connectivity index (χ4n) is 1.72. The Bertz CT molecular complexity index is 435. The highest BCUT2D eigenvalue weighted by Crippen LogP contribution is 2.05. The number of aromatic nitrogens is 2. The highest BCUT2D eigenvalue weighted by molar-refractivity contribution is 5.23. The molecular formula is C12H18N4O. The lowest BCUT2D eigenvalue weighted by Crippen LogP contribution is -2.27. The minimum Gasteiger partial charge on any atom is -0.468 e. The van der Waals surface area contributed by atoms with Crippen LogP contribution in [0, 0.1) is 0 Å². The summed E-state index contributed by atoms with van der Waals surface area (Å²) >= 11 is 0. The third-order valence-electron chi connectivity index (χ3n) is 2.71. The smallest absolute Gasteiger partial charge is 0.145 e. The first kappa shape index (κ1) is 11.7. The van der Waals surface area contributed by atoms with Gasteiger partial charge in [0.2, 0.25) is 0 Å². The van der Waals surface area contributed by atoms with Gasteiger partial charge in [-0.15, -0.1) is 0 Å². The molecular weight excluding hydrogens is 216 g/mol. The molecule has 0 saturated carbocycles. The van der Waals surface area contributed by atoms with Crippen molar-refractivity contribution in [1.29, 1.82) is 0 Å². The van der Waals surface area contributed by atoms with Crippen molar-refractivity contribution in [1.82, 2.24) is 14.7 Å². The summed E-state index contributed by atoms with van der Waals surface area (Å²) in [4.78, 5) is 2.30. The lowest BCUT2D eigenvalue weighted by molar-refractivity contribution is 0.242. The quantitative estimate of drug-likeness (QED) is 0.824. The van der Waals surface area contributed by atoms with Crippen LogP contribution >= 0.6 is 0 Å². The van der Waals surface area contributed by atoms with E-state index in [4.69, 9.17) is 10.2 Å². The number of nitrogens with two attached hydrogens (primary N) is 1. The number of nitrogen functional groups attached to an aromatic ring is 1. The first-order valence-corrected chi connectivity index (χ1v) is 5.81. The number of rotatable bonds is 6. The predicted molar refractivity (Wildman–Crippen MR) is 66.3 cm³/mol. The van der Waals surface area contributed by atoms with E-state index in [1.54, 1.807) is 6.26 Å². The Morgan fingerprint density at radius 1 is 1.47 bits per heavy atom. The van der Waals surface area contributed by atoms with Crippen LogP contribution in [0.4, 0.5) is 5.82 Å². The number of likely N-dealkylation sites (N-methyl/N-ethyl adjacent to an activating group) is 1. The van der Waals surface area contributed by atoms with Gasteiger partial charge in [-0.05, 0) is 24.7 Å². The molecule has 0 atom stereocenters. The molecule has 5 nitrogen and oxygen atoms in total. The normalized spacial score (nSPS) is 11.2. The Morgan fingerprint density at radius 3 is 2.94 bits per heavy atom. The lowest BCUT2D eigenvalue weighted by Gasteiger charge is -2.18. The Morgan fingerprint density at radius 2 is 2.35 bits per heavy atom. The van der Waals surface area contributed by atoms with E-state index >= 15 is 0 Å². The van der Waals surface area contributed by atoms with E-state index in [-0.39, 0.29) is 0 Å². The van der Waals surface area contributed by atoms with Gasteiger partial charge in [-0.2, -0.15) is 5.10 Å². The van der Waals surface area contributed by atoms with Crippen molar-refractivity contribution in [2.45, 2.75) is 20.0 Å². The van der Waals surface area contributed by atoms with Gasteiger partial charge < -0.3 is 10.2 Å². The summed E-state index contributed by atoms with van der Waals surface area (Å²) in [5.41, 5.74) is 5.57. The van der Waals surface area contributed by atoms with Gasteiger partial charge in [0.05, 0.1) is 19.4 Å². The molecule has 0 bridgehead atoms. The highest BCUT2D eigenvalue weighted by Gasteiger charge is 2.06. The highest BCUT2D eigenvalue weighted by atomic mass is 16.3. The Hall–Kier alpha value is -1.75. The zero-order valence-corrected chi connectivity index (χ0v) is 10.0. The van der Waals surface area contributed by atoms with E-state index < -0.39 is 0 Å². The average molecular weight is 234 g/mol. The second-order valence-electron chi connectivity index (χ2n) is 3.95. The van der Waals surface area contributed by atoms with E-state index in [0.717, 1.165) is 31.9 Å². The molecule has 2 aromatic rings. The van der Waals surface area contributed by atoms with Gasteiger partial charge >= 0.3 is 0 Å². The van der Waals surface area contributed by atoms with Crippen LogP contribution in [0.3, 0.4) is 0 Å². The number of anilines is 1. The van der Waals surface area contributed by atoms with Crippen molar-refractivity contribution in [3.63, 3.8) is 0 Å². The molecule has 0 amide bonds. The van der Waals surface area contributed by atoms with Crippen molar-refractivity contribution < 1.29 is 4.42 Å². The summed E-state index contributed by atoms with van der Waals surface area (Å²) in [7, 11) is 0. The van der Waals surface area contributed by atoms with Crippen molar-refractivity contribution in [2.24, 2.45) is 0 Å². The zero-order chi connectivity index (χ0) is 12.1. The summed E-state index contributed by atoms with van der Waals surface area (Å²) in [5.74, 6) is 1.56. The van der Waals surface area contributed by atoms with Crippen molar-refractivity contribution in [3.05, 3.63) is 36.4 Å². The first-order chi connectivity index (χ1) is 8.28. The summed E-state index contributed by atoms with van der Waals surface area (Å²) in [6.45, 7) is 5.72. The maximum absolute atomic E-state index is 5.57. The summed E-state index contributed by atoms with van der Waals surface area (Å²) in [5, 5.41) is 4.16. The summed E-state index contributed by atoms with van der Waals surface area (Å²) in [6, 6.07) is 5.72. The number of hydrogen-bond acceptors (Lipinski definition) is 4. The average Bonchev–Trinajstić information content (AvgIpc) is 2.96. The fraction of sp³-hybridized carbons (Fsp3) is 0.417. The molecule has 2 rings (SSSR count).